The number of rotatable bonds is 4. The van der Waals surface area contributed by atoms with Crippen molar-refractivity contribution in [2.75, 3.05) is 44.2 Å². The van der Waals surface area contributed by atoms with Gasteiger partial charge < -0.3 is 15.1 Å². The molecule has 138 valence electrons. The van der Waals surface area contributed by atoms with Crippen LogP contribution in [0.4, 0.5) is 0 Å². The van der Waals surface area contributed by atoms with Crippen molar-refractivity contribution >= 4 is 45.7 Å². The highest BCUT2D eigenvalue weighted by molar-refractivity contribution is 14.0. The number of likely N-dealkylation sites (N-methyl/N-ethyl adjacent to an activating group) is 1. The summed E-state index contributed by atoms with van der Waals surface area (Å²) in [6.45, 7) is 5.12. The van der Waals surface area contributed by atoms with Gasteiger partial charge >= 0.3 is 0 Å². The lowest BCUT2D eigenvalue weighted by Crippen LogP contribution is -2.55. The zero-order valence-electron chi connectivity index (χ0n) is 14.1. The fourth-order valence-electron chi connectivity index (χ4n) is 3.10. The lowest BCUT2D eigenvalue weighted by molar-refractivity contribution is -0.134. The molecule has 2 saturated heterocycles. The normalized spacial score (nSPS) is 27.1. The molecule has 0 aromatic rings. The van der Waals surface area contributed by atoms with Crippen molar-refractivity contribution in [3.63, 3.8) is 0 Å². The van der Waals surface area contributed by atoms with Gasteiger partial charge in [-0.2, -0.15) is 0 Å². The maximum Gasteiger partial charge on any atom is 0.242 e. The van der Waals surface area contributed by atoms with Crippen LogP contribution in [0.3, 0.4) is 0 Å². The fraction of sp³-hybridized carbons (Fsp3) is 0.867. The number of carbonyl (C=O) groups excluding carboxylic acids is 1. The van der Waals surface area contributed by atoms with E-state index in [2.05, 4.69) is 10.3 Å². The third kappa shape index (κ3) is 5.21. The minimum Gasteiger partial charge on any atom is -0.353 e. The molecule has 0 bridgehead atoms. The Balaban J connectivity index is 0.00000208. The number of nitrogens with zero attached hydrogens (tertiary/aromatic N) is 3. The Hall–Kier alpha value is -0.580. The van der Waals surface area contributed by atoms with E-state index < -0.39 is 9.84 Å². The number of hydrogen-bond donors (Lipinski definition) is 1. The smallest absolute Gasteiger partial charge is 0.242 e. The average Bonchev–Trinajstić information content (AvgIpc) is 3.26. The predicted octanol–water partition coefficient (Wildman–Crippen LogP) is 0.311. The Morgan fingerprint density at radius 3 is 2.58 bits per heavy atom. The molecule has 1 amide bonds. The highest BCUT2D eigenvalue weighted by atomic mass is 127. The third-order valence-electron chi connectivity index (χ3n) is 4.74. The molecule has 3 fully saturated rings. The van der Waals surface area contributed by atoms with E-state index in [0.717, 1.165) is 38.4 Å². The van der Waals surface area contributed by atoms with Crippen LogP contribution in [0.2, 0.25) is 0 Å². The van der Waals surface area contributed by atoms with Crippen molar-refractivity contribution in [2.45, 2.75) is 32.2 Å². The lowest BCUT2D eigenvalue weighted by atomic mass is 10.1. The van der Waals surface area contributed by atoms with E-state index in [4.69, 9.17) is 0 Å². The number of sulfone groups is 1. The van der Waals surface area contributed by atoms with Crippen molar-refractivity contribution < 1.29 is 13.2 Å². The van der Waals surface area contributed by atoms with Crippen LogP contribution in [-0.2, 0) is 14.6 Å². The summed E-state index contributed by atoms with van der Waals surface area (Å²) in [6, 6.07) is 0.459. The number of aliphatic imine (C=N–C) groups is 1. The van der Waals surface area contributed by atoms with E-state index in [1.54, 1.807) is 0 Å². The van der Waals surface area contributed by atoms with Crippen LogP contribution in [-0.4, -0.2) is 80.4 Å². The molecular weight excluding hydrogens is 443 g/mol. The molecule has 3 aliphatic rings. The topological polar surface area (TPSA) is 82.1 Å². The van der Waals surface area contributed by atoms with E-state index in [-0.39, 0.29) is 47.3 Å². The standard InChI is InChI=1S/C15H26N4O3S.HI/c1-2-18-6-7-19(10-14(18)20)15(17-13-3-4-13)16-9-12-5-8-23(21,22)11-12;/h12-13H,2-11H2,1H3,(H,16,17);1H. The molecular formula is C15H27IN4O3S. The van der Waals surface area contributed by atoms with Gasteiger partial charge in [0.05, 0.1) is 18.1 Å². The van der Waals surface area contributed by atoms with E-state index in [1.165, 1.54) is 0 Å². The Bertz CT molecular complexity index is 592. The number of halogens is 1. The van der Waals surface area contributed by atoms with Gasteiger partial charge in [0.15, 0.2) is 15.8 Å². The molecule has 0 aromatic carbocycles. The summed E-state index contributed by atoms with van der Waals surface area (Å²) in [4.78, 5) is 20.6. The molecule has 9 heteroatoms. The van der Waals surface area contributed by atoms with Crippen LogP contribution in [0.25, 0.3) is 0 Å². The molecule has 0 aromatic heterocycles. The molecule has 0 radical (unpaired) electrons. The molecule has 1 atom stereocenters. The first kappa shape index (κ1) is 19.7. The highest BCUT2D eigenvalue weighted by Gasteiger charge is 2.31. The van der Waals surface area contributed by atoms with Crippen LogP contribution >= 0.6 is 24.0 Å². The van der Waals surface area contributed by atoms with Crippen LogP contribution in [0.15, 0.2) is 4.99 Å². The van der Waals surface area contributed by atoms with Crippen LogP contribution in [0.5, 0.6) is 0 Å². The van der Waals surface area contributed by atoms with Crippen LogP contribution < -0.4 is 5.32 Å². The fourth-order valence-corrected chi connectivity index (χ4v) is 4.95. The first-order chi connectivity index (χ1) is 11.0. The van der Waals surface area contributed by atoms with Crippen molar-refractivity contribution in [3.05, 3.63) is 0 Å². The van der Waals surface area contributed by atoms with E-state index in [1.807, 2.05) is 16.7 Å². The van der Waals surface area contributed by atoms with E-state index in [9.17, 15) is 13.2 Å². The summed E-state index contributed by atoms with van der Waals surface area (Å²) >= 11 is 0. The summed E-state index contributed by atoms with van der Waals surface area (Å²) < 4.78 is 23.1. The highest BCUT2D eigenvalue weighted by Crippen LogP contribution is 2.21. The summed E-state index contributed by atoms with van der Waals surface area (Å²) in [5.41, 5.74) is 0. The molecule has 7 nitrogen and oxygen atoms in total. The number of piperazine rings is 1. The second-order valence-corrected chi connectivity index (χ2v) is 8.98. The summed E-state index contributed by atoms with van der Waals surface area (Å²) in [5.74, 6) is 1.55. The van der Waals surface area contributed by atoms with Gasteiger partial charge in [0, 0.05) is 32.2 Å². The maximum absolute atomic E-state index is 12.1. The SMILES string of the molecule is CCN1CCN(C(=NCC2CCS(=O)(=O)C2)NC2CC2)CC1=O.I. The van der Waals surface area contributed by atoms with Gasteiger partial charge in [0.2, 0.25) is 5.91 Å². The molecule has 1 N–H and O–H groups in total. The van der Waals surface area contributed by atoms with Gasteiger partial charge in [-0.3, -0.25) is 9.79 Å². The van der Waals surface area contributed by atoms with Gasteiger partial charge in [-0.25, -0.2) is 8.42 Å². The minimum atomic E-state index is -2.86. The van der Waals surface area contributed by atoms with Crippen molar-refractivity contribution in [1.29, 1.82) is 0 Å². The summed E-state index contributed by atoms with van der Waals surface area (Å²) in [6.07, 6.45) is 2.98. The molecule has 2 heterocycles. The van der Waals surface area contributed by atoms with E-state index in [0.29, 0.717) is 25.6 Å². The van der Waals surface area contributed by atoms with Crippen molar-refractivity contribution in [2.24, 2.45) is 10.9 Å². The zero-order chi connectivity index (χ0) is 16.4. The molecule has 1 unspecified atom stereocenters. The quantitative estimate of drug-likeness (QED) is 0.364. The number of nitrogens with one attached hydrogen (secondary N) is 1. The Morgan fingerprint density at radius 2 is 2.04 bits per heavy atom. The Kier molecular flexibility index (Phi) is 6.74. The zero-order valence-corrected chi connectivity index (χ0v) is 17.3. The van der Waals surface area contributed by atoms with Crippen molar-refractivity contribution in [3.8, 4) is 0 Å². The molecule has 2 aliphatic heterocycles. The largest absolute Gasteiger partial charge is 0.353 e. The van der Waals surface area contributed by atoms with Gasteiger partial charge in [-0.1, -0.05) is 0 Å². The molecule has 1 aliphatic carbocycles. The van der Waals surface area contributed by atoms with Crippen LogP contribution in [0, 0.1) is 5.92 Å². The lowest BCUT2D eigenvalue weighted by Gasteiger charge is -2.35. The van der Waals surface area contributed by atoms with Crippen LogP contribution in [0.1, 0.15) is 26.2 Å². The van der Waals surface area contributed by atoms with Gasteiger partial charge in [-0.05, 0) is 32.1 Å². The molecule has 3 rings (SSSR count). The monoisotopic (exact) mass is 470 g/mol. The summed E-state index contributed by atoms with van der Waals surface area (Å²) in [7, 11) is -2.86. The number of carbonyl (C=O) groups is 1. The van der Waals surface area contributed by atoms with E-state index >= 15 is 0 Å². The molecule has 0 spiro atoms. The first-order valence-electron chi connectivity index (χ1n) is 8.51. The number of amides is 1. The molecule has 24 heavy (non-hydrogen) atoms. The average molecular weight is 470 g/mol. The third-order valence-corrected chi connectivity index (χ3v) is 6.57. The second kappa shape index (κ2) is 8.20. The second-order valence-electron chi connectivity index (χ2n) is 6.75. The van der Waals surface area contributed by atoms with Gasteiger partial charge in [0.1, 0.15) is 0 Å². The van der Waals surface area contributed by atoms with Gasteiger partial charge in [-0.15, -0.1) is 24.0 Å². The number of hydrogen-bond acceptors (Lipinski definition) is 4. The van der Waals surface area contributed by atoms with Crippen molar-refractivity contribution in [1.82, 2.24) is 15.1 Å². The molecule has 1 saturated carbocycles. The Labute approximate surface area is 161 Å². The first-order valence-corrected chi connectivity index (χ1v) is 10.3. The number of guanidine groups is 1. The predicted molar refractivity (Wildman–Crippen MR) is 104 cm³/mol. The summed E-state index contributed by atoms with van der Waals surface area (Å²) in [5, 5.41) is 3.41. The Morgan fingerprint density at radius 1 is 1.29 bits per heavy atom. The van der Waals surface area contributed by atoms with Gasteiger partial charge in [0.25, 0.3) is 0 Å². The maximum atomic E-state index is 12.1. The minimum absolute atomic E-state index is 0.